The molecule has 0 unspecified atom stereocenters. The van der Waals surface area contributed by atoms with E-state index in [2.05, 4.69) is 13.0 Å². The number of carboxylic acids is 1. The maximum Gasteiger partial charge on any atom is 0.335 e. The van der Waals surface area contributed by atoms with Gasteiger partial charge >= 0.3 is 5.97 Å². The summed E-state index contributed by atoms with van der Waals surface area (Å²) in [5, 5.41) is 8.85. The quantitative estimate of drug-likeness (QED) is 0.814. The highest BCUT2D eigenvalue weighted by Gasteiger charge is 2.05. The molecular weight excluding hydrogens is 188 g/mol. The molecule has 0 radical (unpaired) electrons. The van der Waals surface area contributed by atoms with Crippen molar-refractivity contribution in [1.29, 1.82) is 0 Å². The zero-order valence-corrected chi connectivity index (χ0v) is 9.16. The first-order chi connectivity index (χ1) is 7.15. The Hall–Kier alpha value is -1.57. The van der Waals surface area contributed by atoms with E-state index in [0.717, 1.165) is 24.0 Å². The second-order valence-electron chi connectivity index (χ2n) is 3.57. The summed E-state index contributed by atoms with van der Waals surface area (Å²) < 4.78 is 0. The molecule has 0 heterocycles. The molecule has 1 aromatic carbocycles. The number of aromatic carboxylic acids is 1. The molecule has 0 saturated heterocycles. The van der Waals surface area contributed by atoms with Gasteiger partial charge in [0.2, 0.25) is 0 Å². The Labute approximate surface area is 90.3 Å². The number of benzene rings is 1. The molecule has 0 spiro atoms. The van der Waals surface area contributed by atoms with Gasteiger partial charge in [-0.05, 0) is 30.5 Å². The van der Waals surface area contributed by atoms with Gasteiger partial charge in [0.1, 0.15) is 0 Å². The van der Waals surface area contributed by atoms with Crippen molar-refractivity contribution in [2.75, 3.05) is 0 Å². The average molecular weight is 204 g/mol. The molecule has 0 aromatic heterocycles. The van der Waals surface area contributed by atoms with Gasteiger partial charge in [-0.25, -0.2) is 4.79 Å². The van der Waals surface area contributed by atoms with Crippen molar-refractivity contribution in [1.82, 2.24) is 0 Å². The number of unbranched alkanes of at least 4 members (excludes halogenated alkanes) is 1. The lowest BCUT2D eigenvalue weighted by molar-refractivity contribution is 0.0696. The third-order valence-corrected chi connectivity index (χ3v) is 2.25. The Bertz CT molecular complexity index is 378. The molecule has 2 nitrogen and oxygen atoms in total. The van der Waals surface area contributed by atoms with Gasteiger partial charge in [-0.15, -0.1) is 0 Å². The minimum absolute atomic E-state index is 0.377. The molecule has 0 saturated carbocycles. The Morgan fingerprint density at radius 3 is 2.73 bits per heavy atom. The maximum absolute atomic E-state index is 10.8. The summed E-state index contributed by atoms with van der Waals surface area (Å²) in [6, 6.07) is 5.39. The summed E-state index contributed by atoms with van der Waals surface area (Å²) in [5.41, 5.74) is 2.25. The van der Waals surface area contributed by atoms with Crippen LogP contribution in [0.4, 0.5) is 0 Å². The van der Waals surface area contributed by atoms with E-state index in [1.165, 1.54) is 0 Å². The van der Waals surface area contributed by atoms with Gasteiger partial charge in [-0.3, -0.25) is 0 Å². The standard InChI is InChI=1S/C13H16O2/c1-3-4-5-6-11-7-8-12(13(14)15)10(2)9-11/h5-9H,3-4H2,1-2H3,(H,14,15)/b6-5+. The number of carbonyl (C=O) groups is 1. The van der Waals surface area contributed by atoms with E-state index in [9.17, 15) is 4.79 Å². The van der Waals surface area contributed by atoms with Gasteiger partial charge in [-0.2, -0.15) is 0 Å². The van der Waals surface area contributed by atoms with E-state index < -0.39 is 5.97 Å². The van der Waals surface area contributed by atoms with Crippen LogP contribution in [0.1, 0.15) is 41.3 Å². The van der Waals surface area contributed by atoms with Crippen molar-refractivity contribution in [3.63, 3.8) is 0 Å². The van der Waals surface area contributed by atoms with Crippen molar-refractivity contribution in [3.05, 3.63) is 41.0 Å². The van der Waals surface area contributed by atoms with Gasteiger partial charge in [0, 0.05) is 0 Å². The summed E-state index contributed by atoms with van der Waals surface area (Å²) in [4.78, 5) is 10.8. The summed E-state index contributed by atoms with van der Waals surface area (Å²) in [7, 11) is 0. The zero-order valence-electron chi connectivity index (χ0n) is 9.16. The Balaban J connectivity index is 2.87. The van der Waals surface area contributed by atoms with Crippen LogP contribution in [0.2, 0.25) is 0 Å². The number of rotatable bonds is 4. The molecule has 1 rings (SSSR count). The normalized spacial score (nSPS) is 10.8. The lowest BCUT2D eigenvalue weighted by atomic mass is 10.0. The molecule has 80 valence electrons. The summed E-state index contributed by atoms with van der Waals surface area (Å²) in [6.07, 6.45) is 6.32. The van der Waals surface area contributed by atoms with Gasteiger partial charge in [0.05, 0.1) is 5.56 Å². The molecule has 15 heavy (non-hydrogen) atoms. The smallest absolute Gasteiger partial charge is 0.335 e. The van der Waals surface area contributed by atoms with E-state index in [-0.39, 0.29) is 0 Å². The highest BCUT2D eigenvalue weighted by molar-refractivity contribution is 5.89. The molecule has 2 heteroatoms. The summed E-state index contributed by atoms with van der Waals surface area (Å²) in [5.74, 6) is -0.864. The van der Waals surface area contributed by atoms with Gasteiger partial charge < -0.3 is 5.11 Å². The number of hydrogen-bond donors (Lipinski definition) is 1. The molecule has 0 fully saturated rings. The van der Waals surface area contributed by atoms with Gasteiger partial charge in [0.25, 0.3) is 0 Å². The minimum Gasteiger partial charge on any atom is -0.478 e. The molecule has 1 aromatic rings. The SMILES string of the molecule is CCC/C=C/c1ccc(C(=O)O)c(C)c1. The molecule has 0 aliphatic carbocycles. The average Bonchev–Trinajstić information content (AvgIpc) is 2.17. The van der Waals surface area contributed by atoms with E-state index >= 15 is 0 Å². The summed E-state index contributed by atoms with van der Waals surface area (Å²) in [6.45, 7) is 3.95. The first-order valence-corrected chi connectivity index (χ1v) is 5.15. The predicted octanol–water partition coefficient (Wildman–Crippen LogP) is 3.51. The van der Waals surface area contributed by atoms with Crippen LogP contribution < -0.4 is 0 Å². The zero-order chi connectivity index (χ0) is 11.3. The molecule has 0 atom stereocenters. The first kappa shape index (κ1) is 11.5. The minimum atomic E-state index is -0.864. The van der Waals surface area contributed by atoms with E-state index in [4.69, 9.17) is 5.11 Å². The van der Waals surface area contributed by atoms with Crippen LogP contribution in [-0.4, -0.2) is 11.1 Å². The van der Waals surface area contributed by atoms with Crippen LogP contribution in [0.3, 0.4) is 0 Å². The molecular formula is C13H16O2. The van der Waals surface area contributed by atoms with Crippen molar-refractivity contribution in [3.8, 4) is 0 Å². The molecule has 0 aliphatic rings. The van der Waals surface area contributed by atoms with Crippen LogP contribution >= 0.6 is 0 Å². The van der Waals surface area contributed by atoms with Gasteiger partial charge in [-0.1, -0.05) is 37.6 Å². The topological polar surface area (TPSA) is 37.3 Å². The van der Waals surface area contributed by atoms with E-state index in [0.29, 0.717) is 5.56 Å². The Morgan fingerprint density at radius 1 is 1.47 bits per heavy atom. The fourth-order valence-electron chi connectivity index (χ4n) is 1.42. The van der Waals surface area contributed by atoms with Crippen molar-refractivity contribution in [2.45, 2.75) is 26.7 Å². The second-order valence-corrected chi connectivity index (χ2v) is 3.57. The molecule has 0 aliphatic heterocycles. The van der Waals surface area contributed by atoms with Gasteiger partial charge in [0.15, 0.2) is 0 Å². The predicted molar refractivity (Wildman–Crippen MR) is 62.1 cm³/mol. The highest BCUT2D eigenvalue weighted by atomic mass is 16.4. The van der Waals surface area contributed by atoms with Crippen molar-refractivity contribution in [2.24, 2.45) is 0 Å². The summed E-state index contributed by atoms with van der Waals surface area (Å²) >= 11 is 0. The van der Waals surface area contributed by atoms with Crippen molar-refractivity contribution >= 4 is 12.0 Å². The lowest BCUT2D eigenvalue weighted by Crippen LogP contribution is -1.99. The number of aryl methyl sites for hydroxylation is 1. The van der Waals surface area contributed by atoms with Crippen LogP contribution in [0.25, 0.3) is 6.08 Å². The van der Waals surface area contributed by atoms with Crippen LogP contribution in [-0.2, 0) is 0 Å². The number of allylic oxidation sites excluding steroid dienone is 1. The molecule has 0 amide bonds. The second kappa shape index (κ2) is 5.35. The Morgan fingerprint density at radius 2 is 2.20 bits per heavy atom. The molecule has 1 N–H and O–H groups in total. The van der Waals surface area contributed by atoms with Crippen molar-refractivity contribution < 1.29 is 9.90 Å². The first-order valence-electron chi connectivity index (χ1n) is 5.15. The fourth-order valence-corrected chi connectivity index (χ4v) is 1.42. The monoisotopic (exact) mass is 204 g/mol. The third-order valence-electron chi connectivity index (χ3n) is 2.25. The number of hydrogen-bond acceptors (Lipinski definition) is 1. The number of carboxylic acid groups (broad SMARTS) is 1. The van der Waals surface area contributed by atoms with Crippen LogP contribution in [0.5, 0.6) is 0 Å². The van der Waals surface area contributed by atoms with Crippen LogP contribution in [0.15, 0.2) is 24.3 Å². The fraction of sp³-hybridized carbons (Fsp3) is 0.308. The van der Waals surface area contributed by atoms with E-state index in [1.807, 2.05) is 25.1 Å². The maximum atomic E-state index is 10.8. The van der Waals surface area contributed by atoms with Crippen LogP contribution in [0, 0.1) is 6.92 Å². The third kappa shape index (κ3) is 3.24. The van der Waals surface area contributed by atoms with E-state index in [1.54, 1.807) is 6.07 Å². The lowest BCUT2D eigenvalue weighted by Gasteiger charge is -2.01. The highest BCUT2D eigenvalue weighted by Crippen LogP contribution is 2.12. The molecule has 0 bridgehead atoms. The largest absolute Gasteiger partial charge is 0.478 e. The Kier molecular flexibility index (Phi) is 4.10.